The molecule has 0 aliphatic carbocycles. The molecule has 0 aliphatic rings. The molecular weight excluding hydrogens is 449 g/mol. The number of carbonyl (C=O) groups excluding carboxylic acids is 2. The molecule has 0 atom stereocenters. The third kappa shape index (κ3) is 3.90. The second kappa shape index (κ2) is 8.08. The summed E-state index contributed by atoms with van der Waals surface area (Å²) in [7, 11) is 0. The molecule has 2 heterocycles. The molecule has 0 aliphatic heterocycles. The summed E-state index contributed by atoms with van der Waals surface area (Å²) in [4.78, 5) is 31.9. The predicted octanol–water partition coefficient (Wildman–Crippen LogP) is 0.700. The summed E-state index contributed by atoms with van der Waals surface area (Å²) in [5.74, 6) is -0.314. The van der Waals surface area contributed by atoms with E-state index in [1.807, 2.05) is 52.9 Å². The Morgan fingerprint density at radius 1 is 1.12 bits per heavy atom. The van der Waals surface area contributed by atoms with Crippen LogP contribution in [0, 0.1) is 0 Å². The minimum absolute atomic E-state index is 0.0860. The number of nitrogens with zero attached hydrogens (tertiary/aromatic N) is 4. The van der Waals surface area contributed by atoms with E-state index in [2.05, 4.69) is 25.7 Å². The second-order valence-corrected chi connectivity index (χ2v) is 6.10. The lowest BCUT2D eigenvalue weighted by molar-refractivity contribution is -0.126. The van der Waals surface area contributed by atoms with Gasteiger partial charge in [0.05, 0.1) is 16.5 Å². The van der Waals surface area contributed by atoms with Crippen molar-refractivity contribution in [2.24, 2.45) is 0 Å². The van der Waals surface area contributed by atoms with Crippen molar-refractivity contribution in [2.45, 2.75) is 6.54 Å². The molecule has 134 valence electrons. The molecule has 0 spiro atoms. The lowest BCUT2D eigenvalue weighted by Crippen LogP contribution is -2.37. The summed E-state index contributed by atoms with van der Waals surface area (Å²) in [6.07, 6.45) is 1.33. The Morgan fingerprint density at radius 2 is 1.88 bits per heavy atom. The first-order chi connectivity index (χ1) is 12.6. The number of amides is 2. The van der Waals surface area contributed by atoms with Gasteiger partial charge in [0.15, 0.2) is 5.65 Å². The first-order valence-corrected chi connectivity index (χ1v) is 9.24. The van der Waals surface area contributed by atoms with Crippen LogP contribution >= 0.6 is 22.6 Å². The largest absolute Gasteiger partial charge is 0.383 e. The summed E-state index contributed by atoms with van der Waals surface area (Å²) in [6.45, 7) is -0.180. The summed E-state index contributed by atoms with van der Waals surface area (Å²) in [5, 5.41) is 10.2. The van der Waals surface area contributed by atoms with Crippen molar-refractivity contribution < 1.29 is 9.59 Å². The van der Waals surface area contributed by atoms with Crippen LogP contribution in [-0.2, 0) is 16.1 Å². The molecule has 0 radical (unpaired) electrons. The highest BCUT2D eigenvalue weighted by Crippen LogP contribution is 2.29. The maximum Gasteiger partial charge on any atom is 0.242 e. The van der Waals surface area contributed by atoms with Crippen LogP contribution < -0.4 is 16.4 Å². The number of anilines is 1. The van der Waals surface area contributed by atoms with E-state index in [1.54, 1.807) is 0 Å². The van der Waals surface area contributed by atoms with Gasteiger partial charge in [0.25, 0.3) is 0 Å². The number of fused-ring (bicyclic) bond motifs is 1. The van der Waals surface area contributed by atoms with Crippen molar-refractivity contribution in [1.82, 2.24) is 30.4 Å². The molecule has 0 fully saturated rings. The molecule has 3 aromatic rings. The number of nitrogens with one attached hydrogen (secondary N) is 2. The van der Waals surface area contributed by atoms with E-state index in [-0.39, 0.29) is 24.9 Å². The van der Waals surface area contributed by atoms with Crippen molar-refractivity contribution in [1.29, 1.82) is 0 Å². The maximum absolute atomic E-state index is 12.2. The van der Waals surface area contributed by atoms with Crippen LogP contribution in [0.25, 0.3) is 22.3 Å². The fourth-order valence-electron chi connectivity index (χ4n) is 2.45. The van der Waals surface area contributed by atoms with Crippen molar-refractivity contribution in [3.05, 3.63) is 36.7 Å². The van der Waals surface area contributed by atoms with Gasteiger partial charge < -0.3 is 16.4 Å². The van der Waals surface area contributed by atoms with Crippen LogP contribution in [0.3, 0.4) is 0 Å². The minimum Gasteiger partial charge on any atom is -0.383 e. The van der Waals surface area contributed by atoms with Crippen LogP contribution in [-0.4, -0.2) is 42.7 Å². The summed E-state index contributed by atoms with van der Waals surface area (Å²) in [5.41, 5.74) is 7.93. The molecule has 9 nitrogen and oxygen atoms in total. The molecule has 10 heteroatoms. The van der Waals surface area contributed by atoms with Crippen molar-refractivity contribution in [2.75, 3.05) is 16.8 Å². The number of halogens is 1. The van der Waals surface area contributed by atoms with Gasteiger partial charge >= 0.3 is 0 Å². The van der Waals surface area contributed by atoms with Crippen LogP contribution in [0.15, 0.2) is 36.7 Å². The lowest BCUT2D eigenvalue weighted by atomic mass is 10.1. The standard InChI is InChI=1S/C16H16IN7O2/c17-8-20-11(25)6-19-12(26)7-24-16-13(15(18)21-9-22-16)14(23-24)10-4-2-1-3-5-10/h1-5,9H,6-8H2,(H,19,26)(H,20,25)(H2,18,21,22). The van der Waals surface area contributed by atoms with Gasteiger partial charge in [-0.25, -0.2) is 14.6 Å². The third-order valence-electron chi connectivity index (χ3n) is 3.61. The first-order valence-electron chi connectivity index (χ1n) is 7.72. The third-order valence-corrected chi connectivity index (χ3v) is 3.99. The molecule has 0 saturated carbocycles. The Bertz CT molecular complexity index is 942. The van der Waals surface area contributed by atoms with Gasteiger partial charge in [0.1, 0.15) is 24.4 Å². The van der Waals surface area contributed by atoms with Crippen LogP contribution in [0.1, 0.15) is 0 Å². The van der Waals surface area contributed by atoms with Gasteiger partial charge in [-0.3, -0.25) is 9.59 Å². The normalized spacial score (nSPS) is 10.7. The number of alkyl halides is 1. The Labute approximate surface area is 162 Å². The second-order valence-electron chi connectivity index (χ2n) is 5.34. The number of nitrogens with two attached hydrogens (primary N) is 1. The number of benzene rings is 1. The van der Waals surface area contributed by atoms with Gasteiger partial charge in [0, 0.05) is 5.56 Å². The van der Waals surface area contributed by atoms with Crippen molar-refractivity contribution >= 4 is 51.3 Å². The zero-order valence-electron chi connectivity index (χ0n) is 13.6. The number of aromatic nitrogens is 4. The SMILES string of the molecule is Nc1ncnc2c1c(-c1ccccc1)nn2CC(=O)NCC(=O)NCI. The van der Waals surface area contributed by atoms with Crippen molar-refractivity contribution in [3.8, 4) is 11.3 Å². The topological polar surface area (TPSA) is 128 Å². The van der Waals surface area contributed by atoms with Crippen molar-refractivity contribution in [3.63, 3.8) is 0 Å². The minimum atomic E-state index is -0.352. The van der Waals surface area contributed by atoms with Gasteiger partial charge in [-0.15, -0.1) is 0 Å². The van der Waals surface area contributed by atoms with E-state index in [1.165, 1.54) is 11.0 Å². The molecule has 26 heavy (non-hydrogen) atoms. The average molecular weight is 465 g/mol. The molecule has 1 aromatic carbocycles. The molecule has 0 bridgehead atoms. The highest BCUT2D eigenvalue weighted by Gasteiger charge is 2.18. The fourth-order valence-corrected chi connectivity index (χ4v) is 2.87. The summed E-state index contributed by atoms with van der Waals surface area (Å²) in [6, 6.07) is 9.47. The van der Waals surface area contributed by atoms with Crippen LogP contribution in [0.2, 0.25) is 0 Å². The zero-order valence-corrected chi connectivity index (χ0v) is 15.8. The monoisotopic (exact) mass is 465 g/mol. The molecule has 0 unspecified atom stereocenters. The van der Waals surface area contributed by atoms with E-state index >= 15 is 0 Å². The summed E-state index contributed by atoms with van der Waals surface area (Å²) >= 11 is 2.01. The highest BCUT2D eigenvalue weighted by atomic mass is 127. The number of hydrogen-bond donors (Lipinski definition) is 3. The zero-order chi connectivity index (χ0) is 18.5. The Hall–Kier alpha value is -2.76. The molecule has 2 aromatic heterocycles. The smallest absolute Gasteiger partial charge is 0.242 e. The number of carbonyl (C=O) groups is 2. The van der Waals surface area contributed by atoms with Gasteiger partial charge in [-0.1, -0.05) is 52.9 Å². The molecule has 3 rings (SSSR count). The van der Waals surface area contributed by atoms with E-state index in [4.69, 9.17) is 5.73 Å². The molecule has 2 amide bonds. The van der Waals surface area contributed by atoms with E-state index in [9.17, 15) is 9.59 Å². The highest BCUT2D eigenvalue weighted by molar-refractivity contribution is 14.1. The first kappa shape index (κ1) is 18.0. The van der Waals surface area contributed by atoms with Gasteiger partial charge in [0.2, 0.25) is 11.8 Å². The van der Waals surface area contributed by atoms with Gasteiger partial charge in [-0.2, -0.15) is 5.10 Å². The number of hydrogen-bond acceptors (Lipinski definition) is 6. The van der Waals surface area contributed by atoms with E-state index < -0.39 is 0 Å². The quantitative estimate of drug-likeness (QED) is 0.280. The Morgan fingerprint density at radius 3 is 2.62 bits per heavy atom. The lowest BCUT2D eigenvalue weighted by Gasteiger charge is -2.05. The Kier molecular flexibility index (Phi) is 5.61. The van der Waals surface area contributed by atoms with E-state index in [0.717, 1.165) is 5.56 Å². The van der Waals surface area contributed by atoms with E-state index in [0.29, 0.717) is 27.1 Å². The predicted molar refractivity (Wildman–Crippen MR) is 105 cm³/mol. The Balaban J connectivity index is 1.89. The maximum atomic E-state index is 12.2. The molecule has 4 N–H and O–H groups in total. The number of nitrogen functional groups attached to an aromatic ring is 1. The summed E-state index contributed by atoms with van der Waals surface area (Å²) < 4.78 is 1.94. The van der Waals surface area contributed by atoms with Crippen LogP contribution in [0.4, 0.5) is 5.82 Å². The molecule has 0 saturated heterocycles. The molecular formula is C16H16IN7O2. The fraction of sp³-hybridized carbons (Fsp3) is 0.188. The van der Waals surface area contributed by atoms with Crippen LogP contribution in [0.5, 0.6) is 0 Å². The number of rotatable bonds is 6. The average Bonchev–Trinajstić information content (AvgIpc) is 3.01. The van der Waals surface area contributed by atoms with Gasteiger partial charge in [-0.05, 0) is 0 Å².